The molecule has 2 amide bonds. The summed E-state index contributed by atoms with van der Waals surface area (Å²) in [5.74, 6) is -0.733. The molecule has 1 N–H and O–H groups in total. The number of nitrogens with zero attached hydrogens (tertiary/aromatic N) is 1. The highest BCUT2D eigenvalue weighted by atomic mass is 19.4. The normalized spacial score (nSPS) is 15.4. The van der Waals surface area contributed by atoms with E-state index in [-0.39, 0.29) is 11.3 Å². The molecule has 0 bridgehead atoms. The molecule has 1 aliphatic heterocycles. The van der Waals surface area contributed by atoms with E-state index in [1.165, 1.54) is 17.9 Å². The number of hydrogen-bond donors (Lipinski definition) is 1. The first-order chi connectivity index (χ1) is 14.2. The molecule has 6 nitrogen and oxygen atoms in total. The number of para-hydroxylation sites is 1. The van der Waals surface area contributed by atoms with E-state index in [2.05, 4.69) is 5.32 Å². The van der Waals surface area contributed by atoms with E-state index in [4.69, 9.17) is 9.47 Å². The van der Waals surface area contributed by atoms with Crippen molar-refractivity contribution in [2.75, 3.05) is 31.6 Å². The van der Waals surface area contributed by atoms with Crippen molar-refractivity contribution in [1.82, 2.24) is 4.90 Å². The van der Waals surface area contributed by atoms with Crippen molar-refractivity contribution >= 4 is 17.5 Å². The van der Waals surface area contributed by atoms with Gasteiger partial charge in [-0.25, -0.2) is 0 Å². The number of benzene rings is 2. The third kappa shape index (κ3) is 5.50. The molecule has 0 radical (unpaired) electrons. The van der Waals surface area contributed by atoms with Crippen LogP contribution in [0.1, 0.15) is 22.8 Å². The average Bonchev–Trinajstić information content (AvgIpc) is 2.73. The van der Waals surface area contributed by atoms with Gasteiger partial charge in [0, 0.05) is 24.3 Å². The molecule has 0 aliphatic carbocycles. The van der Waals surface area contributed by atoms with Crippen LogP contribution < -0.4 is 10.1 Å². The second-order valence-corrected chi connectivity index (χ2v) is 6.76. The van der Waals surface area contributed by atoms with Gasteiger partial charge in [-0.1, -0.05) is 18.2 Å². The summed E-state index contributed by atoms with van der Waals surface area (Å²) in [6.45, 7) is 2.71. The molecule has 3 rings (SSSR count). The Kier molecular flexibility index (Phi) is 6.61. The molecule has 1 unspecified atom stereocenters. The van der Waals surface area contributed by atoms with Crippen molar-refractivity contribution < 1.29 is 32.2 Å². The number of halogens is 3. The van der Waals surface area contributed by atoms with E-state index in [0.29, 0.717) is 32.1 Å². The van der Waals surface area contributed by atoms with Crippen LogP contribution in [0.2, 0.25) is 0 Å². The summed E-state index contributed by atoms with van der Waals surface area (Å²) in [4.78, 5) is 26.5. The first-order valence-corrected chi connectivity index (χ1v) is 9.36. The lowest BCUT2D eigenvalue weighted by Crippen LogP contribution is -2.40. The number of rotatable bonds is 5. The summed E-state index contributed by atoms with van der Waals surface area (Å²) in [5, 5.41) is 2.41. The van der Waals surface area contributed by atoms with Crippen molar-refractivity contribution in [3.8, 4) is 5.75 Å². The van der Waals surface area contributed by atoms with Gasteiger partial charge < -0.3 is 19.7 Å². The van der Waals surface area contributed by atoms with Crippen LogP contribution in [-0.2, 0) is 15.7 Å². The highest BCUT2D eigenvalue weighted by Crippen LogP contribution is 2.32. The molecule has 160 valence electrons. The molecule has 1 saturated heterocycles. The number of anilines is 1. The van der Waals surface area contributed by atoms with Crippen LogP contribution in [-0.4, -0.2) is 49.1 Å². The standard InChI is InChI=1S/C21H21F3N2O4/c1-14(30-18-5-3-2-4-6-18)19(27)25-17-12-15(11-16(13-17)21(22,23)24)20(28)26-7-9-29-10-8-26/h2-6,11-14H,7-10H2,1H3,(H,25,27). The van der Waals surface area contributed by atoms with Gasteiger partial charge in [0.2, 0.25) is 0 Å². The lowest BCUT2D eigenvalue weighted by Gasteiger charge is -2.27. The predicted molar refractivity (Wildman–Crippen MR) is 103 cm³/mol. The second-order valence-electron chi connectivity index (χ2n) is 6.76. The molecular weight excluding hydrogens is 401 g/mol. The molecule has 2 aromatic rings. The van der Waals surface area contributed by atoms with Crippen LogP contribution in [0.5, 0.6) is 5.75 Å². The largest absolute Gasteiger partial charge is 0.481 e. The van der Waals surface area contributed by atoms with E-state index in [1.807, 2.05) is 0 Å². The summed E-state index contributed by atoms with van der Waals surface area (Å²) < 4.78 is 50.7. The van der Waals surface area contributed by atoms with E-state index >= 15 is 0 Å². The Morgan fingerprint density at radius 3 is 2.40 bits per heavy atom. The Morgan fingerprint density at radius 1 is 1.10 bits per heavy atom. The highest BCUT2D eigenvalue weighted by Gasteiger charge is 2.33. The van der Waals surface area contributed by atoms with Crippen LogP contribution in [0.3, 0.4) is 0 Å². The molecule has 30 heavy (non-hydrogen) atoms. The minimum Gasteiger partial charge on any atom is -0.481 e. The molecule has 1 fully saturated rings. The second kappa shape index (κ2) is 9.17. The molecule has 2 aromatic carbocycles. The molecular formula is C21H21F3N2O4. The minimum atomic E-state index is -4.67. The van der Waals surface area contributed by atoms with Crippen molar-refractivity contribution in [3.05, 3.63) is 59.7 Å². The molecule has 0 aromatic heterocycles. The van der Waals surface area contributed by atoms with Crippen LogP contribution in [0, 0.1) is 0 Å². The van der Waals surface area contributed by atoms with E-state index < -0.39 is 29.7 Å². The zero-order chi connectivity index (χ0) is 21.7. The third-order valence-electron chi connectivity index (χ3n) is 4.50. The lowest BCUT2D eigenvalue weighted by atomic mass is 10.1. The van der Waals surface area contributed by atoms with Gasteiger partial charge in [0.25, 0.3) is 11.8 Å². The maximum absolute atomic E-state index is 13.4. The van der Waals surface area contributed by atoms with Gasteiger partial charge in [0.05, 0.1) is 18.8 Å². The monoisotopic (exact) mass is 422 g/mol. The van der Waals surface area contributed by atoms with Crippen molar-refractivity contribution in [3.63, 3.8) is 0 Å². The van der Waals surface area contributed by atoms with Gasteiger partial charge in [-0.3, -0.25) is 9.59 Å². The Labute approximate surface area is 171 Å². The van der Waals surface area contributed by atoms with Gasteiger partial charge in [0.15, 0.2) is 6.10 Å². The number of nitrogens with one attached hydrogen (secondary N) is 1. The fourth-order valence-corrected chi connectivity index (χ4v) is 2.94. The number of morpholine rings is 1. The fourth-order valence-electron chi connectivity index (χ4n) is 2.94. The summed E-state index contributed by atoms with van der Waals surface area (Å²) >= 11 is 0. The number of amides is 2. The quantitative estimate of drug-likeness (QED) is 0.800. The molecule has 1 atom stereocenters. The average molecular weight is 422 g/mol. The minimum absolute atomic E-state index is 0.130. The highest BCUT2D eigenvalue weighted by molar-refractivity contribution is 5.98. The fraction of sp³-hybridized carbons (Fsp3) is 0.333. The van der Waals surface area contributed by atoms with Crippen LogP contribution in [0.15, 0.2) is 48.5 Å². The lowest BCUT2D eigenvalue weighted by molar-refractivity contribution is -0.137. The van der Waals surface area contributed by atoms with Crippen LogP contribution in [0.25, 0.3) is 0 Å². The molecule has 1 heterocycles. The Hall–Kier alpha value is -3.07. The van der Waals surface area contributed by atoms with Crippen LogP contribution >= 0.6 is 0 Å². The van der Waals surface area contributed by atoms with E-state index in [0.717, 1.165) is 12.1 Å². The van der Waals surface area contributed by atoms with Gasteiger partial charge in [0.1, 0.15) is 5.75 Å². The summed E-state index contributed by atoms with van der Waals surface area (Å²) in [7, 11) is 0. The predicted octanol–water partition coefficient (Wildman–Crippen LogP) is 3.58. The summed E-state index contributed by atoms with van der Waals surface area (Å²) in [6.07, 6.45) is -5.63. The van der Waals surface area contributed by atoms with Crippen molar-refractivity contribution in [1.29, 1.82) is 0 Å². The van der Waals surface area contributed by atoms with Crippen molar-refractivity contribution in [2.24, 2.45) is 0 Å². The topological polar surface area (TPSA) is 67.9 Å². The van der Waals surface area contributed by atoms with Gasteiger partial charge in [-0.2, -0.15) is 13.2 Å². The van der Waals surface area contributed by atoms with E-state index in [1.54, 1.807) is 30.3 Å². The number of ether oxygens (including phenoxy) is 2. The van der Waals surface area contributed by atoms with Gasteiger partial charge in [-0.15, -0.1) is 0 Å². The number of alkyl halides is 3. The van der Waals surface area contributed by atoms with Gasteiger partial charge >= 0.3 is 6.18 Å². The number of carbonyl (C=O) groups excluding carboxylic acids is 2. The Morgan fingerprint density at radius 2 is 1.77 bits per heavy atom. The maximum Gasteiger partial charge on any atom is 0.416 e. The summed E-state index contributed by atoms with van der Waals surface area (Å²) in [5.41, 5.74) is -1.30. The molecule has 0 saturated carbocycles. The maximum atomic E-state index is 13.4. The smallest absolute Gasteiger partial charge is 0.416 e. The number of carbonyl (C=O) groups is 2. The van der Waals surface area contributed by atoms with Gasteiger partial charge in [-0.05, 0) is 37.3 Å². The molecule has 1 aliphatic rings. The van der Waals surface area contributed by atoms with Crippen molar-refractivity contribution in [2.45, 2.75) is 19.2 Å². The Balaban J connectivity index is 1.80. The zero-order valence-corrected chi connectivity index (χ0v) is 16.2. The number of hydrogen-bond acceptors (Lipinski definition) is 4. The zero-order valence-electron chi connectivity index (χ0n) is 16.2. The summed E-state index contributed by atoms with van der Waals surface area (Å²) in [6, 6.07) is 11.4. The van der Waals surface area contributed by atoms with E-state index in [9.17, 15) is 22.8 Å². The molecule has 9 heteroatoms. The Bertz CT molecular complexity index is 897. The third-order valence-corrected chi connectivity index (χ3v) is 4.50. The SMILES string of the molecule is CC(Oc1ccccc1)C(=O)Nc1cc(C(=O)N2CCOCC2)cc(C(F)(F)F)c1. The van der Waals surface area contributed by atoms with Crippen LogP contribution in [0.4, 0.5) is 18.9 Å². The molecule has 0 spiro atoms. The first kappa shape index (κ1) is 21.6. The first-order valence-electron chi connectivity index (χ1n) is 9.36.